The number of carboxylic acids is 1. The minimum Gasteiger partial charge on any atom is -0.497 e. The van der Waals surface area contributed by atoms with E-state index < -0.39 is 28.7 Å². The number of hydrogen-bond donors (Lipinski definition) is 3. The molecule has 1 fully saturated rings. The number of benzene rings is 3. The predicted octanol–water partition coefficient (Wildman–Crippen LogP) is 3.35. The summed E-state index contributed by atoms with van der Waals surface area (Å²) >= 11 is 0. The lowest BCUT2D eigenvalue weighted by atomic mass is 9.94. The normalized spacial score (nSPS) is 14.6. The summed E-state index contributed by atoms with van der Waals surface area (Å²) in [6, 6.07) is 18.3. The monoisotopic (exact) mass is 513 g/mol. The SMILES string of the molecule is COc1ccc(CNC(=O)c2ccc3[nH]c(=O)n(C(C)c4ccc(C5(C(=O)O)CC5)cc4)c(=O)c3c2)cc1. The van der Waals surface area contributed by atoms with Crippen molar-refractivity contribution in [3.8, 4) is 5.75 Å². The Morgan fingerprint density at radius 1 is 1.05 bits per heavy atom. The van der Waals surface area contributed by atoms with Crippen molar-refractivity contribution in [1.29, 1.82) is 0 Å². The third-order valence-electron chi connectivity index (χ3n) is 7.30. The van der Waals surface area contributed by atoms with Crippen LogP contribution >= 0.6 is 0 Å². The number of ether oxygens (including phenoxy) is 1. The largest absolute Gasteiger partial charge is 0.497 e. The van der Waals surface area contributed by atoms with Gasteiger partial charge in [0, 0.05) is 12.1 Å². The number of aromatic nitrogens is 2. The zero-order chi connectivity index (χ0) is 27.0. The molecule has 9 heteroatoms. The molecule has 1 atom stereocenters. The number of nitrogens with zero attached hydrogens (tertiary/aromatic N) is 1. The van der Waals surface area contributed by atoms with E-state index >= 15 is 0 Å². The van der Waals surface area contributed by atoms with Crippen LogP contribution in [-0.4, -0.2) is 33.6 Å². The van der Waals surface area contributed by atoms with Gasteiger partial charge in [0.1, 0.15) is 5.75 Å². The van der Waals surface area contributed by atoms with Crippen LogP contribution in [0.3, 0.4) is 0 Å². The zero-order valence-electron chi connectivity index (χ0n) is 21.0. The molecule has 38 heavy (non-hydrogen) atoms. The van der Waals surface area contributed by atoms with Gasteiger partial charge in [0.25, 0.3) is 11.5 Å². The number of hydrogen-bond acceptors (Lipinski definition) is 5. The van der Waals surface area contributed by atoms with Gasteiger partial charge < -0.3 is 20.1 Å². The van der Waals surface area contributed by atoms with Crippen molar-refractivity contribution in [3.05, 3.63) is 110 Å². The number of methoxy groups -OCH3 is 1. The van der Waals surface area contributed by atoms with Gasteiger partial charge in [0.15, 0.2) is 0 Å². The third kappa shape index (κ3) is 4.47. The first-order valence-corrected chi connectivity index (χ1v) is 12.3. The average molecular weight is 514 g/mol. The fourth-order valence-electron chi connectivity index (χ4n) is 4.73. The van der Waals surface area contributed by atoms with Crippen molar-refractivity contribution in [2.75, 3.05) is 7.11 Å². The number of amides is 1. The van der Waals surface area contributed by atoms with Gasteiger partial charge in [-0.25, -0.2) is 4.79 Å². The van der Waals surface area contributed by atoms with Crippen molar-refractivity contribution >= 4 is 22.8 Å². The van der Waals surface area contributed by atoms with Crippen molar-refractivity contribution in [2.45, 2.75) is 37.8 Å². The van der Waals surface area contributed by atoms with E-state index in [4.69, 9.17) is 4.74 Å². The van der Waals surface area contributed by atoms with Crippen molar-refractivity contribution in [3.63, 3.8) is 0 Å². The van der Waals surface area contributed by atoms with Gasteiger partial charge in [-0.1, -0.05) is 36.4 Å². The second-order valence-corrected chi connectivity index (χ2v) is 9.58. The molecule has 194 valence electrons. The van der Waals surface area contributed by atoms with Crippen LogP contribution in [0.1, 0.15) is 52.9 Å². The summed E-state index contributed by atoms with van der Waals surface area (Å²) in [5.74, 6) is -0.475. The Hall–Kier alpha value is -4.66. The van der Waals surface area contributed by atoms with Crippen LogP contribution in [0, 0.1) is 0 Å². The Balaban J connectivity index is 1.40. The zero-order valence-corrected chi connectivity index (χ0v) is 21.0. The Morgan fingerprint density at radius 3 is 2.34 bits per heavy atom. The molecule has 3 N–H and O–H groups in total. The van der Waals surface area contributed by atoms with Crippen molar-refractivity contribution in [1.82, 2.24) is 14.9 Å². The summed E-state index contributed by atoms with van der Waals surface area (Å²) in [5.41, 5.74) is 1.01. The van der Waals surface area contributed by atoms with Crippen LogP contribution in [0.5, 0.6) is 5.75 Å². The van der Waals surface area contributed by atoms with E-state index in [0.29, 0.717) is 41.6 Å². The maximum absolute atomic E-state index is 13.4. The molecule has 0 aliphatic heterocycles. The third-order valence-corrected chi connectivity index (χ3v) is 7.30. The van der Waals surface area contributed by atoms with Crippen molar-refractivity contribution in [2.24, 2.45) is 0 Å². The molecular weight excluding hydrogens is 486 g/mol. The van der Waals surface area contributed by atoms with Gasteiger partial charge in [0.05, 0.1) is 29.5 Å². The van der Waals surface area contributed by atoms with Crippen LogP contribution in [0.25, 0.3) is 10.9 Å². The fourth-order valence-corrected chi connectivity index (χ4v) is 4.73. The number of carboxylic acid groups (broad SMARTS) is 1. The highest BCUT2D eigenvalue weighted by molar-refractivity contribution is 5.97. The minimum absolute atomic E-state index is 0.216. The van der Waals surface area contributed by atoms with Gasteiger partial charge in [-0.2, -0.15) is 0 Å². The van der Waals surface area contributed by atoms with E-state index in [0.717, 1.165) is 15.9 Å². The van der Waals surface area contributed by atoms with E-state index in [9.17, 15) is 24.3 Å². The van der Waals surface area contributed by atoms with E-state index in [2.05, 4.69) is 10.3 Å². The molecular formula is C29H27N3O6. The number of H-pyrrole nitrogens is 1. The van der Waals surface area contributed by atoms with Gasteiger partial charge in [-0.05, 0) is 66.8 Å². The van der Waals surface area contributed by atoms with Crippen LogP contribution in [0.4, 0.5) is 0 Å². The van der Waals surface area contributed by atoms with E-state index in [-0.39, 0.29) is 11.3 Å². The van der Waals surface area contributed by atoms with Crippen LogP contribution in [0.2, 0.25) is 0 Å². The number of nitrogens with one attached hydrogen (secondary N) is 2. The Bertz CT molecular complexity index is 1650. The number of carbonyl (C=O) groups excluding carboxylic acids is 1. The molecule has 1 aliphatic rings. The molecule has 1 aromatic heterocycles. The molecule has 0 spiro atoms. The maximum atomic E-state index is 13.4. The van der Waals surface area contributed by atoms with E-state index in [1.54, 1.807) is 62.6 Å². The van der Waals surface area contributed by atoms with Crippen LogP contribution < -0.4 is 21.3 Å². The molecule has 3 aromatic carbocycles. The Morgan fingerprint density at radius 2 is 1.74 bits per heavy atom. The van der Waals surface area contributed by atoms with E-state index in [1.165, 1.54) is 6.07 Å². The number of aliphatic carboxylic acids is 1. The minimum atomic E-state index is -0.843. The molecule has 0 saturated heterocycles. The maximum Gasteiger partial charge on any atom is 0.329 e. The molecule has 5 rings (SSSR count). The fraction of sp³-hybridized carbons (Fsp3) is 0.241. The summed E-state index contributed by atoms with van der Waals surface area (Å²) in [4.78, 5) is 53.5. The number of carbonyl (C=O) groups is 2. The first kappa shape index (κ1) is 25.0. The summed E-state index contributed by atoms with van der Waals surface area (Å²) in [7, 11) is 1.58. The van der Waals surface area contributed by atoms with Gasteiger partial charge in [-0.15, -0.1) is 0 Å². The average Bonchev–Trinajstić information content (AvgIpc) is 3.74. The van der Waals surface area contributed by atoms with Crippen LogP contribution in [-0.2, 0) is 16.8 Å². The lowest BCUT2D eigenvalue weighted by Gasteiger charge is -2.17. The van der Waals surface area contributed by atoms with Gasteiger partial charge >= 0.3 is 11.7 Å². The second kappa shape index (κ2) is 9.66. The van der Waals surface area contributed by atoms with E-state index in [1.807, 2.05) is 12.1 Å². The smallest absolute Gasteiger partial charge is 0.329 e. The Kier molecular flexibility index (Phi) is 6.36. The number of rotatable bonds is 8. The van der Waals surface area contributed by atoms with Crippen molar-refractivity contribution < 1.29 is 19.4 Å². The number of fused-ring (bicyclic) bond motifs is 1. The summed E-state index contributed by atoms with van der Waals surface area (Å²) < 4.78 is 6.25. The summed E-state index contributed by atoms with van der Waals surface area (Å²) in [6.07, 6.45) is 1.19. The molecule has 9 nitrogen and oxygen atoms in total. The summed E-state index contributed by atoms with van der Waals surface area (Å²) in [5, 5.41) is 12.6. The topological polar surface area (TPSA) is 130 Å². The van der Waals surface area contributed by atoms with Crippen LogP contribution in [0.15, 0.2) is 76.3 Å². The highest BCUT2D eigenvalue weighted by Crippen LogP contribution is 2.48. The van der Waals surface area contributed by atoms with Gasteiger partial charge in [0.2, 0.25) is 0 Å². The first-order chi connectivity index (χ1) is 18.2. The lowest BCUT2D eigenvalue weighted by Crippen LogP contribution is -2.37. The molecule has 0 radical (unpaired) electrons. The highest BCUT2D eigenvalue weighted by Gasteiger charge is 2.51. The Labute approximate surface area is 217 Å². The molecule has 0 bridgehead atoms. The summed E-state index contributed by atoms with van der Waals surface area (Å²) in [6.45, 7) is 2.03. The quantitative estimate of drug-likeness (QED) is 0.331. The molecule has 1 heterocycles. The molecule has 1 amide bonds. The molecule has 1 saturated carbocycles. The second-order valence-electron chi connectivity index (χ2n) is 9.58. The number of aromatic amines is 1. The molecule has 4 aromatic rings. The highest BCUT2D eigenvalue weighted by atomic mass is 16.5. The predicted molar refractivity (Wildman–Crippen MR) is 142 cm³/mol. The van der Waals surface area contributed by atoms with Gasteiger partial charge in [-0.3, -0.25) is 19.0 Å². The standard InChI is InChI=1S/C29H27N3O6/c1-17(19-5-8-21(9-6-19)29(13-14-29)27(35)36)32-26(34)23-15-20(7-12-24(23)31-28(32)37)25(33)30-16-18-3-10-22(38-2)11-4-18/h3-12,15,17H,13-14,16H2,1-2H3,(H,30,33)(H,31,37)(H,35,36). The first-order valence-electron chi connectivity index (χ1n) is 12.3. The molecule has 1 aliphatic carbocycles. The molecule has 1 unspecified atom stereocenters. The lowest BCUT2D eigenvalue weighted by molar-refractivity contribution is -0.140.